The van der Waals surface area contributed by atoms with E-state index in [2.05, 4.69) is 6.07 Å². The van der Waals surface area contributed by atoms with Crippen LogP contribution in [0.15, 0.2) is 58.9 Å². The highest BCUT2D eigenvalue weighted by Gasteiger charge is 2.36. The molecule has 2 N–H and O–H groups in total. The van der Waals surface area contributed by atoms with E-state index in [1.165, 1.54) is 15.9 Å². The second-order valence-electron chi connectivity index (χ2n) is 7.86. The molecule has 166 valence electrons. The maximum absolute atomic E-state index is 13.3. The van der Waals surface area contributed by atoms with E-state index in [-0.39, 0.29) is 29.1 Å². The van der Waals surface area contributed by atoms with Gasteiger partial charge in [0.1, 0.15) is 10.5 Å². The van der Waals surface area contributed by atoms with Crippen LogP contribution in [0.25, 0.3) is 17.5 Å². The summed E-state index contributed by atoms with van der Waals surface area (Å²) < 4.78 is 7.42. The molecule has 2 heterocycles. The number of aryl methyl sites for hydroxylation is 2. The minimum atomic E-state index is -0.722. The van der Waals surface area contributed by atoms with Crippen molar-refractivity contribution in [1.29, 1.82) is 5.26 Å². The molecule has 0 saturated heterocycles. The van der Waals surface area contributed by atoms with Gasteiger partial charge in [-0.15, -0.1) is 11.3 Å². The van der Waals surface area contributed by atoms with Gasteiger partial charge in [-0.25, -0.2) is 4.79 Å². The van der Waals surface area contributed by atoms with Crippen LogP contribution in [0, 0.1) is 25.2 Å². The van der Waals surface area contributed by atoms with Gasteiger partial charge in [0.25, 0.3) is 5.56 Å². The number of nitriles is 1. The number of nitrogens with two attached hydrogens (primary N) is 1. The van der Waals surface area contributed by atoms with Gasteiger partial charge in [-0.3, -0.25) is 9.36 Å². The summed E-state index contributed by atoms with van der Waals surface area (Å²) in [5.74, 6) is -1.25. The minimum absolute atomic E-state index is 0.0379. The molecule has 1 aromatic heterocycles. The number of aromatic nitrogens is 1. The molecule has 33 heavy (non-hydrogen) atoms. The van der Waals surface area contributed by atoms with Crippen LogP contribution in [-0.2, 0) is 9.53 Å². The summed E-state index contributed by atoms with van der Waals surface area (Å²) in [6.45, 7) is 5.83. The van der Waals surface area contributed by atoms with Gasteiger partial charge in [0, 0.05) is 0 Å². The number of benzene rings is 2. The van der Waals surface area contributed by atoms with E-state index in [0.717, 1.165) is 22.3 Å². The fourth-order valence-electron chi connectivity index (χ4n) is 3.86. The number of ether oxygens (including phenoxy) is 1. The summed E-state index contributed by atoms with van der Waals surface area (Å²) in [6, 6.07) is 17.5. The molecule has 1 aliphatic heterocycles. The van der Waals surface area contributed by atoms with Gasteiger partial charge in [0.2, 0.25) is 0 Å². The van der Waals surface area contributed by atoms with Gasteiger partial charge in [-0.1, -0.05) is 59.7 Å². The Bertz CT molecular complexity index is 1480. The fraction of sp³-hybridized carbons (Fsp3) is 0.192. The first-order valence-electron chi connectivity index (χ1n) is 10.5. The van der Waals surface area contributed by atoms with E-state index in [1.807, 2.05) is 62.4 Å². The number of hydrogen-bond donors (Lipinski definition) is 1. The lowest BCUT2D eigenvalue weighted by atomic mass is 9.83. The Morgan fingerprint density at radius 2 is 1.76 bits per heavy atom. The van der Waals surface area contributed by atoms with Crippen LogP contribution in [-0.4, -0.2) is 17.1 Å². The molecule has 0 spiro atoms. The molecular formula is C26H23N3O3S. The van der Waals surface area contributed by atoms with Crippen molar-refractivity contribution in [2.75, 3.05) is 6.61 Å². The lowest BCUT2D eigenvalue weighted by Crippen LogP contribution is -2.40. The summed E-state index contributed by atoms with van der Waals surface area (Å²) in [4.78, 5) is 26.5. The highest BCUT2D eigenvalue weighted by molar-refractivity contribution is 7.07. The summed E-state index contributed by atoms with van der Waals surface area (Å²) >= 11 is 1.17. The number of fused-ring (bicyclic) bond motifs is 1. The van der Waals surface area contributed by atoms with E-state index in [4.69, 9.17) is 10.5 Å². The SMILES string of the molecule is CCOC(=O)C1=c2s/c(=C\c3ccc(C)cc3)c(=O)n2C(N)=C(C#N)[C@@H]1c1ccc(C)cc1. The minimum Gasteiger partial charge on any atom is -0.463 e. The molecule has 0 fully saturated rings. The first-order valence-corrected chi connectivity index (χ1v) is 11.4. The second kappa shape index (κ2) is 8.93. The van der Waals surface area contributed by atoms with E-state index in [9.17, 15) is 14.9 Å². The molecule has 4 rings (SSSR count). The standard InChI is InChI=1S/C26H23N3O3S/c1-4-32-26(31)22-21(18-11-7-16(3)8-12-18)19(14-27)23(28)29-24(30)20(33-25(22)29)13-17-9-5-15(2)6-10-17/h5-13,21H,4,28H2,1-3H3/b20-13-/t21-/m0/s1. The molecule has 0 unspecified atom stereocenters. The smallest absolute Gasteiger partial charge is 0.338 e. The fourth-order valence-corrected chi connectivity index (χ4v) is 5.03. The second-order valence-corrected chi connectivity index (χ2v) is 8.89. The van der Waals surface area contributed by atoms with Crippen molar-refractivity contribution in [2.45, 2.75) is 26.7 Å². The third-order valence-electron chi connectivity index (χ3n) is 5.55. The van der Waals surface area contributed by atoms with Gasteiger partial charge >= 0.3 is 5.97 Å². The Kier molecular flexibility index (Phi) is 6.03. The Balaban J connectivity index is 2.08. The molecule has 2 aromatic carbocycles. The van der Waals surface area contributed by atoms with Crippen molar-refractivity contribution >= 4 is 34.8 Å². The number of rotatable bonds is 4. The van der Waals surface area contributed by atoms with Gasteiger partial charge in [-0.2, -0.15) is 5.26 Å². The van der Waals surface area contributed by atoms with Crippen LogP contribution in [0.1, 0.15) is 35.1 Å². The first kappa shape index (κ1) is 22.3. The maximum Gasteiger partial charge on any atom is 0.338 e. The largest absolute Gasteiger partial charge is 0.463 e. The number of hydrogen-bond acceptors (Lipinski definition) is 6. The van der Waals surface area contributed by atoms with Crippen LogP contribution in [0.5, 0.6) is 0 Å². The average molecular weight is 458 g/mol. The van der Waals surface area contributed by atoms with E-state index < -0.39 is 11.9 Å². The Morgan fingerprint density at radius 1 is 1.15 bits per heavy atom. The zero-order chi connectivity index (χ0) is 23.7. The Hall–Kier alpha value is -3.89. The molecule has 0 amide bonds. The third kappa shape index (κ3) is 4.01. The molecule has 0 radical (unpaired) electrons. The van der Waals surface area contributed by atoms with Crippen molar-refractivity contribution in [3.63, 3.8) is 0 Å². The predicted octanol–water partition coefficient (Wildman–Crippen LogP) is 2.52. The number of nitrogens with zero attached hydrogens (tertiary/aromatic N) is 2. The van der Waals surface area contributed by atoms with Crippen molar-refractivity contribution in [1.82, 2.24) is 4.57 Å². The monoisotopic (exact) mass is 457 g/mol. The molecule has 3 aromatic rings. The Labute approximate surface area is 195 Å². The highest BCUT2D eigenvalue weighted by Crippen LogP contribution is 2.36. The van der Waals surface area contributed by atoms with E-state index >= 15 is 0 Å². The average Bonchev–Trinajstić information content (AvgIpc) is 3.11. The number of thiazole rings is 1. The molecule has 0 saturated carbocycles. The van der Waals surface area contributed by atoms with Crippen LogP contribution in [0.3, 0.4) is 0 Å². The van der Waals surface area contributed by atoms with Crippen molar-refractivity contribution in [3.05, 3.63) is 95.9 Å². The predicted molar refractivity (Wildman–Crippen MR) is 130 cm³/mol. The van der Waals surface area contributed by atoms with Crippen LogP contribution in [0.4, 0.5) is 0 Å². The number of allylic oxidation sites excluding steroid dienone is 1. The highest BCUT2D eigenvalue weighted by atomic mass is 32.1. The molecule has 1 aliphatic rings. The summed E-state index contributed by atoms with van der Waals surface area (Å²) in [7, 11) is 0. The molecule has 7 heteroatoms. The lowest BCUT2D eigenvalue weighted by molar-refractivity contribution is -0.136. The van der Waals surface area contributed by atoms with E-state index in [1.54, 1.807) is 13.0 Å². The summed E-state index contributed by atoms with van der Waals surface area (Å²) in [5.41, 5.74) is 10.1. The summed E-state index contributed by atoms with van der Waals surface area (Å²) in [5, 5.41) is 9.99. The summed E-state index contributed by atoms with van der Waals surface area (Å²) in [6.07, 6.45) is 1.76. The lowest BCUT2D eigenvalue weighted by Gasteiger charge is -2.24. The zero-order valence-electron chi connectivity index (χ0n) is 18.6. The van der Waals surface area contributed by atoms with E-state index in [0.29, 0.717) is 9.20 Å². The van der Waals surface area contributed by atoms with Crippen LogP contribution < -0.4 is 20.5 Å². The number of esters is 1. The normalized spacial score (nSPS) is 15.9. The molecular weight excluding hydrogens is 434 g/mol. The van der Waals surface area contributed by atoms with Gasteiger partial charge < -0.3 is 10.5 Å². The van der Waals surface area contributed by atoms with Crippen molar-refractivity contribution < 1.29 is 9.53 Å². The number of carbonyl (C=O) groups is 1. The van der Waals surface area contributed by atoms with Crippen LogP contribution in [0.2, 0.25) is 0 Å². The van der Waals surface area contributed by atoms with Crippen molar-refractivity contribution in [3.8, 4) is 6.07 Å². The molecule has 0 aliphatic carbocycles. The van der Waals surface area contributed by atoms with Gasteiger partial charge in [0.15, 0.2) is 0 Å². The Morgan fingerprint density at radius 3 is 2.33 bits per heavy atom. The molecule has 1 atom stereocenters. The number of carbonyl (C=O) groups excluding carboxylic acids is 1. The van der Waals surface area contributed by atoms with Gasteiger partial charge in [-0.05, 0) is 38.0 Å². The van der Waals surface area contributed by atoms with Gasteiger partial charge in [0.05, 0.1) is 34.3 Å². The van der Waals surface area contributed by atoms with Crippen molar-refractivity contribution in [2.24, 2.45) is 5.73 Å². The third-order valence-corrected chi connectivity index (χ3v) is 6.66. The van der Waals surface area contributed by atoms with Crippen LogP contribution >= 0.6 is 11.3 Å². The maximum atomic E-state index is 13.3. The first-order chi connectivity index (χ1) is 15.8. The zero-order valence-corrected chi connectivity index (χ0v) is 19.4. The topological polar surface area (TPSA) is 98.1 Å². The quantitative estimate of drug-likeness (QED) is 0.607. The molecule has 6 nitrogen and oxygen atoms in total. The molecule has 0 bridgehead atoms.